The number of primary amides is 1. The van der Waals surface area contributed by atoms with Gasteiger partial charge in [0.15, 0.2) is 5.69 Å². The van der Waals surface area contributed by atoms with Crippen LogP contribution in [0.4, 0.5) is 0 Å². The Labute approximate surface area is 105 Å². The highest BCUT2D eigenvalue weighted by molar-refractivity contribution is 5.97. The lowest BCUT2D eigenvalue weighted by Gasteiger charge is -2.00. The molecule has 0 aliphatic carbocycles. The standard InChI is InChI=1S/C11H8N6O2/c12-10(18)9-8(15-17-16-9)5-1-2-7-6(3-5)11(19)14-4-13-7/h1-4H,(H2,12,18)(H,13,14,19)(H,15,16,17). The molecule has 2 heterocycles. The zero-order valence-corrected chi connectivity index (χ0v) is 9.54. The highest BCUT2D eigenvalue weighted by Crippen LogP contribution is 2.21. The Bertz CT molecular complexity index is 834. The van der Waals surface area contributed by atoms with Crippen LogP contribution in [-0.4, -0.2) is 31.3 Å². The van der Waals surface area contributed by atoms with Crippen LogP contribution in [0.2, 0.25) is 0 Å². The molecule has 0 spiro atoms. The second-order valence-electron chi connectivity index (χ2n) is 3.85. The Morgan fingerprint density at radius 1 is 1.26 bits per heavy atom. The van der Waals surface area contributed by atoms with E-state index in [2.05, 4.69) is 25.4 Å². The molecule has 0 saturated heterocycles. The number of nitrogens with two attached hydrogens (primary N) is 1. The molecule has 19 heavy (non-hydrogen) atoms. The van der Waals surface area contributed by atoms with Gasteiger partial charge in [-0.3, -0.25) is 9.59 Å². The molecular weight excluding hydrogens is 248 g/mol. The number of amides is 1. The Morgan fingerprint density at radius 3 is 2.89 bits per heavy atom. The minimum absolute atomic E-state index is 0.0275. The summed E-state index contributed by atoms with van der Waals surface area (Å²) in [6.45, 7) is 0. The number of hydrogen-bond acceptors (Lipinski definition) is 5. The average Bonchev–Trinajstić information content (AvgIpc) is 2.88. The van der Waals surface area contributed by atoms with Gasteiger partial charge in [0.1, 0.15) is 5.69 Å². The van der Waals surface area contributed by atoms with Crippen molar-refractivity contribution in [3.63, 3.8) is 0 Å². The molecule has 0 aliphatic rings. The maximum absolute atomic E-state index is 11.7. The van der Waals surface area contributed by atoms with E-state index in [1.807, 2.05) is 0 Å². The number of carbonyl (C=O) groups excluding carboxylic acids is 1. The molecule has 0 fully saturated rings. The Kier molecular flexibility index (Phi) is 2.34. The van der Waals surface area contributed by atoms with Crippen molar-refractivity contribution < 1.29 is 4.79 Å². The predicted octanol–water partition coefficient (Wildman–Crippen LogP) is -0.193. The van der Waals surface area contributed by atoms with Crippen LogP contribution in [0.15, 0.2) is 29.3 Å². The van der Waals surface area contributed by atoms with Crippen LogP contribution in [0.3, 0.4) is 0 Å². The predicted molar refractivity (Wildman–Crippen MR) is 66.3 cm³/mol. The smallest absolute Gasteiger partial charge is 0.271 e. The highest BCUT2D eigenvalue weighted by atomic mass is 16.1. The molecule has 2 aromatic heterocycles. The number of carbonyl (C=O) groups is 1. The van der Waals surface area contributed by atoms with E-state index in [4.69, 9.17) is 5.73 Å². The molecule has 3 aromatic rings. The maximum atomic E-state index is 11.7. The van der Waals surface area contributed by atoms with Crippen LogP contribution >= 0.6 is 0 Å². The van der Waals surface area contributed by atoms with Gasteiger partial charge >= 0.3 is 0 Å². The van der Waals surface area contributed by atoms with Crippen LogP contribution in [-0.2, 0) is 0 Å². The SMILES string of the molecule is NC(=O)c1n[nH]nc1-c1ccc2nc[nH]c(=O)c2c1. The van der Waals surface area contributed by atoms with E-state index in [9.17, 15) is 9.59 Å². The van der Waals surface area contributed by atoms with Crippen molar-refractivity contribution in [3.05, 3.63) is 40.6 Å². The quantitative estimate of drug-likeness (QED) is 0.584. The zero-order chi connectivity index (χ0) is 13.4. The van der Waals surface area contributed by atoms with Gasteiger partial charge in [0, 0.05) is 5.56 Å². The Balaban J connectivity index is 2.26. The van der Waals surface area contributed by atoms with E-state index >= 15 is 0 Å². The van der Waals surface area contributed by atoms with E-state index in [1.54, 1.807) is 18.2 Å². The molecule has 0 bridgehead atoms. The van der Waals surface area contributed by atoms with Gasteiger partial charge in [0.05, 0.1) is 17.2 Å². The summed E-state index contributed by atoms with van der Waals surface area (Å²) in [5, 5.41) is 10.3. The molecule has 1 amide bonds. The monoisotopic (exact) mass is 256 g/mol. The van der Waals surface area contributed by atoms with E-state index in [-0.39, 0.29) is 11.3 Å². The number of rotatable bonds is 2. The number of aromatic amines is 2. The molecule has 8 heteroatoms. The Hall–Kier alpha value is -3.03. The van der Waals surface area contributed by atoms with Crippen LogP contribution in [0, 0.1) is 0 Å². The van der Waals surface area contributed by atoms with Crippen molar-refractivity contribution in [2.24, 2.45) is 5.73 Å². The minimum atomic E-state index is -0.691. The van der Waals surface area contributed by atoms with Gasteiger partial charge in [-0.05, 0) is 12.1 Å². The fourth-order valence-electron chi connectivity index (χ4n) is 1.82. The lowest BCUT2D eigenvalue weighted by atomic mass is 10.1. The van der Waals surface area contributed by atoms with Crippen LogP contribution in [0.1, 0.15) is 10.5 Å². The zero-order valence-electron chi connectivity index (χ0n) is 9.54. The van der Waals surface area contributed by atoms with Gasteiger partial charge in [-0.15, -0.1) is 0 Å². The number of H-pyrrole nitrogens is 2. The molecular formula is C11H8N6O2. The largest absolute Gasteiger partial charge is 0.364 e. The molecule has 8 nitrogen and oxygen atoms in total. The summed E-state index contributed by atoms with van der Waals surface area (Å²) in [6.07, 6.45) is 1.33. The summed E-state index contributed by atoms with van der Waals surface area (Å²) < 4.78 is 0. The van der Waals surface area contributed by atoms with Gasteiger partial charge in [-0.25, -0.2) is 4.98 Å². The van der Waals surface area contributed by atoms with E-state index < -0.39 is 5.91 Å². The lowest BCUT2D eigenvalue weighted by Crippen LogP contribution is -2.13. The molecule has 4 N–H and O–H groups in total. The first kappa shape index (κ1) is 11.1. The lowest BCUT2D eigenvalue weighted by molar-refractivity contribution is 0.0996. The van der Waals surface area contributed by atoms with Crippen molar-refractivity contribution >= 4 is 16.8 Å². The maximum Gasteiger partial charge on any atom is 0.271 e. The van der Waals surface area contributed by atoms with Crippen LogP contribution in [0.25, 0.3) is 22.2 Å². The van der Waals surface area contributed by atoms with E-state index in [0.29, 0.717) is 22.2 Å². The van der Waals surface area contributed by atoms with Crippen molar-refractivity contribution in [1.29, 1.82) is 0 Å². The molecule has 0 atom stereocenters. The van der Waals surface area contributed by atoms with Crippen LogP contribution < -0.4 is 11.3 Å². The molecule has 3 rings (SSSR count). The van der Waals surface area contributed by atoms with E-state index in [1.165, 1.54) is 6.33 Å². The summed E-state index contributed by atoms with van der Waals surface area (Å²) in [7, 11) is 0. The number of fused-ring (bicyclic) bond motifs is 1. The third-order valence-electron chi connectivity index (χ3n) is 2.70. The summed E-state index contributed by atoms with van der Waals surface area (Å²) in [4.78, 5) is 29.4. The summed E-state index contributed by atoms with van der Waals surface area (Å²) in [6, 6.07) is 4.95. The van der Waals surface area contributed by atoms with Crippen LogP contribution in [0.5, 0.6) is 0 Å². The summed E-state index contributed by atoms with van der Waals surface area (Å²) >= 11 is 0. The first-order chi connectivity index (χ1) is 9.16. The fourth-order valence-corrected chi connectivity index (χ4v) is 1.82. The summed E-state index contributed by atoms with van der Waals surface area (Å²) in [5.74, 6) is -0.691. The molecule has 0 aliphatic heterocycles. The molecule has 0 radical (unpaired) electrons. The second-order valence-corrected chi connectivity index (χ2v) is 3.85. The molecule has 94 valence electrons. The summed E-state index contributed by atoms with van der Waals surface area (Å²) in [5.41, 5.74) is 6.38. The molecule has 0 unspecified atom stereocenters. The average molecular weight is 256 g/mol. The van der Waals surface area contributed by atoms with Crippen molar-refractivity contribution in [1.82, 2.24) is 25.4 Å². The molecule has 1 aromatic carbocycles. The van der Waals surface area contributed by atoms with Gasteiger partial charge in [0.25, 0.3) is 11.5 Å². The van der Waals surface area contributed by atoms with E-state index in [0.717, 1.165) is 0 Å². The molecule has 0 saturated carbocycles. The van der Waals surface area contributed by atoms with Gasteiger partial charge < -0.3 is 10.7 Å². The number of aromatic nitrogens is 5. The number of hydrogen-bond donors (Lipinski definition) is 3. The second kappa shape index (κ2) is 4.02. The Morgan fingerprint density at radius 2 is 2.11 bits per heavy atom. The number of benzene rings is 1. The first-order valence-corrected chi connectivity index (χ1v) is 5.35. The fraction of sp³-hybridized carbons (Fsp3) is 0. The number of nitrogens with zero attached hydrogens (tertiary/aromatic N) is 3. The minimum Gasteiger partial charge on any atom is -0.364 e. The third-order valence-corrected chi connectivity index (χ3v) is 2.70. The normalized spacial score (nSPS) is 10.7. The van der Waals surface area contributed by atoms with Crippen molar-refractivity contribution in [2.75, 3.05) is 0 Å². The third kappa shape index (κ3) is 1.75. The highest BCUT2D eigenvalue weighted by Gasteiger charge is 2.15. The van der Waals surface area contributed by atoms with Crippen molar-refractivity contribution in [3.8, 4) is 11.3 Å². The number of nitrogens with one attached hydrogen (secondary N) is 2. The van der Waals surface area contributed by atoms with Gasteiger partial charge in [-0.2, -0.15) is 15.4 Å². The van der Waals surface area contributed by atoms with Gasteiger partial charge in [0.2, 0.25) is 0 Å². The topological polar surface area (TPSA) is 130 Å². The first-order valence-electron chi connectivity index (χ1n) is 5.35. The van der Waals surface area contributed by atoms with Gasteiger partial charge in [-0.1, -0.05) is 6.07 Å². The van der Waals surface area contributed by atoms with Crippen molar-refractivity contribution in [2.45, 2.75) is 0 Å².